The monoisotopic (exact) mass is 742 g/mol. The van der Waals surface area contributed by atoms with Crippen LogP contribution in [0.3, 0.4) is 0 Å². The number of thiophene rings is 2. The molecule has 4 atom stereocenters. The van der Waals surface area contributed by atoms with Gasteiger partial charge in [-0.15, -0.1) is 22.7 Å². The molecule has 4 aromatic carbocycles. The Bertz CT molecular complexity index is 1990. The van der Waals surface area contributed by atoms with Gasteiger partial charge in [0.1, 0.15) is 41.7 Å². The van der Waals surface area contributed by atoms with Crippen molar-refractivity contribution in [1.82, 2.24) is 0 Å². The molecule has 0 saturated heterocycles. The molecule has 52 heavy (non-hydrogen) atoms. The topological polar surface area (TPSA) is 121 Å². The van der Waals surface area contributed by atoms with Crippen LogP contribution in [0.15, 0.2) is 109 Å². The summed E-state index contributed by atoms with van der Waals surface area (Å²) in [5.41, 5.74) is 3.56. The summed E-state index contributed by atoms with van der Waals surface area (Å²) in [5, 5.41) is 65.9. The smallest absolute Gasteiger partial charge is 0.143 e. The van der Waals surface area contributed by atoms with Gasteiger partial charge in [-0.3, -0.25) is 0 Å². The average molecular weight is 743 g/mol. The van der Waals surface area contributed by atoms with Crippen molar-refractivity contribution >= 4 is 22.7 Å². The van der Waals surface area contributed by atoms with Crippen LogP contribution in [0.4, 0.5) is 8.78 Å². The van der Waals surface area contributed by atoms with Crippen LogP contribution in [-0.2, 0) is 18.4 Å². The Labute approximate surface area is 309 Å². The van der Waals surface area contributed by atoms with Gasteiger partial charge in [0.05, 0.1) is 6.61 Å². The van der Waals surface area contributed by atoms with Crippen molar-refractivity contribution in [3.05, 3.63) is 164 Å². The molecule has 10 heteroatoms. The van der Waals surface area contributed by atoms with Crippen LogP contribution >= 0.6 is 22.7 Å². The maximum atomic E-state index is 13.5. The molecular weight excluding hydrogens is 703 g/mol. The standard InChI is InChI=1S/C42H40F2O6S2/c1-24-3-9-30(19-28(24)21-34-15-17-37(51-34)26-5-11-32(43)12-6-26)42(50,41(49)40(48)39(47)36(46)23-45)31-10-4-25(2)29(20-31)22-35-16-18-38(52-35)27-7-13-33(44)14-8-27/h3-20,36,39-41,45-50H,21-23H2,1-2H3/t36-,39-,40+,41-/m1/s1. The molecular formula is C42H40F2O6S2. The van der Waals surface area contributed by atoms with Crippen LogP contribution in [-0.4, -0.2) is 61.7 Å². The maximum absolute atomic E-state index is 13.5. The van der Waals surface area contributed by atoms with E-state index in [9.17, 15) is 39.4 Å². The lowest BCUT2D eigenvalue weighted by Crippen LogP contribution is -2.55. The summed E-state index contributed by atoms with van der Waals surface area (Å²) < 4.78 is 27.0. The normalized spacial score (nSPS) is 14.3. The number of hydrogen-bond acceptors (Lipinski definition) is 8. The van der Waals surface area contributed by atoms with Crippen molar-refractivity contribution < 1.29 is 39.4 Å². The molecule has 0 aliphatic carbocycles. The van der Waals surface area contributed by atoms with E-state index in [4.69, 9.17) is 0 Å². The van der Waals surface area contributed by atoms with Crippen molar-refractivity contribution in [3.63, 3.8) is 0 Å². The van der Waals surface area contributed by atoms with E-state index in [0.717, 1.165) is 52.9 Å². The third-order valence-corrected chi connectivity index (χ3v) is 11.8. The van der Waals surface area contributed by atoms with E-state index in [2.05, 4.69) is 0 Å². The number of halogens is 2. The van der Waals surface area contributed by atoms with Gasteiger partial charge in [-0.1, -0.05) is 60.7 Å². The molecule has 0 aliphatic rings. The Balaban J connectivity index is 1.37. The molecule has 0 spiro atoms. The Kier molecular flexibility index (Phi) is 11.5. The van der Waals surface area contributed by atoms with Gasteiger partial charge in [0.25, 0.3) is 0 Å². The highest BCUT2D eigenvalue weighted by atomic mass is 32.1. The predicted molar refractivity (Wildman–Crippen MR) is 202 cm³/mol. The summed E-state index contributed by atoms with van der Waals surface area (Å²) in [6.07, 6.45) is -6.84. The zero-order valence-corrected chi connectivity index (χ0v) is 30.2. The molecule has 2 heterocycles. The molecule has 6 rings (SSSR count). The van der Waals surface area contributed by atoms with Crippen LogP contribution in [0.1, 0.15) is 43.1 Å². The van der Waals surface area contributed by atoms with Gasteiger partial charge in [-0.05, 0) is 107 Å². The van der Waals surface area contributed by atoms with Gasteiger partial charge in [0, 0.05) is 32.4 Å². The summed E-state index contributed by atoms with van der Waals surface area (Å²) >= 11 is 3.11. The van der Waals surface area contributed by atoms with Crippen LogP contribution in [0.25, 0.3) is 20.9 Å². The molecule has 0 amide bonds. The fourth-order valence-electron chi connectivity index (χ4n) is 6.34. The van der Waals surface area contributed by atoms with Gasteiger partial charge in [0.2, 0.25) is 0 Å². The lowest BCUT2D eigenvalue weighted by atomic mass is 9.76. The van der Waals surface area contributed by atoms with E-state index in [1.54, 1.807) is 71.2 Å². The minimum Gasteiger partial charge on any atom is -0.394 e. The van der Waals surface area contributed by atoms with E-state index < -0.39 is 36.6 Å². The second-order valence-corrected chi connectivity index (χ2v) is 15.5. The zero-order chi connectivity index (χ0) is 37.2. The summed E-state index contributed by atoms with van der Waals surface area (Å²) in [4.78, 5) is 3.97. The minimum atomic E-state index is -2.27. The third kappa shape index (κ3) is 7.95. The first kappa shape index (κ1) is 37.7. The van der Waals surface area contributed by atoms with Crippen LogP contribution in [0, 0.1) is 25.5 Å². The molecule has 0 unspecified atom stereocenters. The summed E-state index contributed by atoms with van der Waals surface area (Å²) in [6.45, 7) is 3.00. The largest absolute Gasteiger partial charge is 0.394 e. The average Bonchev–Trinajstić information content (AvgIpc) is 3.82. The Morgan fingerprint density at radius 1 is 0.577 bits per heavy atom. The number of benzene rings is 4. The van der Waals surface area contributed by atoms with Gasteiger partial charge in [0.15, 0.2) is 0 Å². The molecule has 0 bridgehead atoms. The van der Waals surface area contributed by atoms with Crippen LogP contribution < -0.4 is 0 Å². The van der Waals surface area contributed by atoms with Crippen LogP contribution in [0.5, 0.6) is 0 Å². The van der Waals surface area contributed by atoms with E-state index in [-0.39, 0.29) is 22.8 Å². The second-order valence-electron chi connectivity index (χ2n) is 13.1. The molecule has 0 saturated carbocycles. The van der Waals surface area contributed by atoms with E-state index in [0.29, 0.717) is 12.8 Å². The highest BCUT2D eigenvalue weighted by Crippen LogP contribution is 2.39. The fraction of sp³-hybridized carbons (Fsp3) is 0.238. The van der Waals surface area contributed by atoms with Crippen molar-refractivity contribution in [2.45, 2.75) is 56.7 Å². The first-order chi connectivity index (χ1) is 24.9. The first-order valence-corrected chi connectivity index (χ1v) is 18.5. The van der Waals surface area contributed by atoms with E-state index in [1.165, 1.54) is 24.3 Å². The number of aryl methyl sites for hydroxylation is 2. The molecule has 6 N–H and O–H groups in total. The molecule has 2 aromatic heterocycles. The van der Waals surface area contributed by atoms with E-state index in [1.807, 2.05) is 50.2 Å². The van der Waals surface area contributed by atoms with Crippen molar-refractivity contribution in [2.24, 2.45) is 0 Å². The fourth-order valence-corrected chi connectivity index (χ4v) is 8.41. The zero-order valence-electron chi connectivity index (χ0n) is 28.6. The second kappa shape index (κ2) is 15.9. The van der Waals surface area contributed by atoms with Gasteiger partial charge < -0.3 is 30.6 Å². The summed E-state index contributed by atoms with van der Waals surface area (Å²) in [5.74, 6) is -0.622. The summed E-state index contributed by atoms with van der Waals surface area (Å²) in [6, 6.07) is 31.0. The first-order valence-electron chi connectivity index (χ1n) is 16.8. The van der Waals surface area contributed by atoms with Crippen LogP contribution in [0.2, 0.25) is 0 Å². The lowest BCUT2D eigenvalue weighted by molar-refractivity contribution is -0.163. The van der Waals surface area contributed by atoms with Crippen molar-refractivity contribution in [1.29, 1.82) is 0 Å². The number of aliphatic hydroxyl groups is 6. The van der Waals surface area contributed by atoms with E-state index >= 15 is 0 Å². The highest BCUT2D eigenvalue weighted by Gasteiger charge is 2.47. The highest BCUT2D eigenvalue weighted by molar-refractivity contribution is 7.15. The molecule has 0 fully saturated rings. The number of rotatable bonds is 13. The van der Waals surface area contributed by atoms with Gasteiger partial charge >= 0.3 is 0 Å². The Morgan fingerprint density at radius 2 is 1.00 bits per heavy atom. The third-order valence-electron chi connectivity index (χ3n) is 9.57. The molecule has 270 valence electrons. The Morgan fingerprint density at radius 3 is 1.40 bits per heavy atom. The quantitative estimate of drug-likeness (QED) is 0.0767. The molecule has 6 aromatic rings. The van der Waals surface area contributed by atoms with Crippen molar-refractivity contribution in [3.8, 4) is 20.9 Å². The molecule has 0 radical (unpaired) electrons. The van der Waals surface area contributed by atoms with Gasteiger partial charge in [-0.2, -0.15) is 0 Å². The SMILES string of the molecule is Cc1ccc(C(O)(c2ccc(C)c(Cc3ccc(-c4ccc(F)cc4)s3)c2)[C@H](O)[C@@H](O)[C@H](O)[C@H](O)CO)cc1Cc1ccc(-c2ccc(F)cc2)s1. The van der Waals surface area contributed by atoms with Crippen molar-refractivity contribution in [2.75, 3.05) is 6.61 Å². The lowest BCUT2D eigenvalue weighted by Gasteiger charge is -2.39. The predicted octanol–water partition coefficient (Wildman–Crippen LogP) is 6.89. The molecule has 6 nitrogen and oxygen atoms in total. The molecule has 0 aliphatic heterocycles. The minimum absolute atomic E-state index is 0.255. The Hall–Kier alpha value is -4.10. The number of aliphatic hydroxyl groups excluding tert-OH is 5. The van der Waals surface area contributed by atoms with Gasteiger partial charge in [-0.25, -0.2) is 8.78 Å². The maximum Gasteiger partial charge on any atom is 0.143 e. The number of hydrogen-bond donors (Lipinski definition) is 6. The summed E-state index contributed by atoms with van der Waals surface area (Å²) in [7, 11) is 0.